The molecule has 5 nitrogen and oxygen atoms in total. The number of anilines is 1. The van der Waals surface area contributed by atoms with Gasteiger partial charge in [-0.15, -0.1) is 0 Å². The largest absolute Gasteiger partial charge is 0.379 e. The number of hydrogen-bond donors (Lipinski definition) is 1. The van der Waals surface area contributed by atoms with Crippen LogP contribution in [0.15, 0.2) is 35.2 Å². The topological polar surface area (TPSA) is 62.3 Å². The van der Waals surface area contributed by atoms with E-state index in [0.717, 1.165) is 50.6 Å². The zero-order valence-corrected chi connectivity index (χ0v) is 19.4. The van der Waals surface area contributed by atoms with Crippen molar-refractivity contribution in [1.29, 1.82) is 0 Å². The molecule has 0 radical (unpaired) electrons. The average molecular weight is 484 g/mol. The highest BCUT2D eigenvalue weighted by Gasteiger charge is 2.32. The Kier molecular flexibility index (Phi) is 7.32. The summed E-state index contributed by atoms with van der Waals surface area (Å²) in [6.45, 7) is 2.16. The second kappa shape index (κ2) is 10.0. The van der Waals surface area contributed by atoms with Gasteiger partial charge in [0.25, 0.3) is 0 Å². The molecule has 0 bridgehead atoms. The molecule has 32 heavy (non-hydrogen) atoms. The van der Waals surface area contributed by atoms with E-state index < -0.39 is 32.3 Å². The highest BCUT2D eigenvalue weighted by Crippen LogP contribution is 2.33. The molecule has 9 heteroatoms. The first kappa shape index (κ1) is 23.4. The van der Waals surface area contributed by atoms with E-state index in [1.807, 2.05) is 0 Å². The van der Waals surface area contributed by atoms with Crippen LogP contribution in [0.5, 0.6) is 0 Å². The first-order valence-corrected chi connectivity index (χ1v) is 13.2. The molecule has 0 amide bonds. The molecule has 1 aromatic carbocycles. The van der Waals surface area contributed by atoms with E-state index in [-0.39, 0.29) is 16.8 Å². The van der Waals surface area contributed by atoms with Crippen LogP contribution in [0.3, 0.4) is 0 Å². The molecule has 174 valence electrons. The standard InChI is InChI=1S/C23H28ClF2N3O2S/c24-17-13-22(32(30,31)15-16-7-6-10-23(26)27-16)18(25)14-20(17)28-19-8-2-3-9-21(19)29-11-4-1-5-12-29/h6-7,10,13-14,19,21,28H,1-5,8-9,11-12,15H2/t19-,21-/m0/s1. The molecule has 2 heterocycles. The minimum Gasteiger partial charge on any atom is -0.379 e. The highest BCUT2D eigenvalue weighted by atomic mass is 35.5. The number of aromatic nitrogens is 1. The van der Waals surface area contributed by atoms with E-state index >= 15 is 0 Å². The maximum Gasteiger partial charge on any atom is 0.213 e. The van der Waals surface area contributed by atoms with Crippen molar-refractivity contribution in [2.75, 3.05) is 18.4 Å². The summed E-state index contributed by atoms with van der Waals surface area (Å²) < 4.78 is 53.8. The minimum absolute atomic E-state index is 0.00861. The van der Waals surface area contributed by atoms with Gasteiger partial charge in [-0.2, -0.15) is 4.39 Å². The van der Waals surface area contributed by atoms with Crippen LogP contribution < -0.4 is 5.32 Å². The van der Waals surface area contributed by atoms with Gasteiger partial charge in [0, 0.05) is 12.1 Å². The minimum atomic E-state index is -4.09. The van der Waals surface area contributed by atoms with Crippen molar-refractivity contribution in [2.45, 2.75) is 67.7 Å². The summed E-state index contributed by atoms with van der Waals surface area (Å²) in [5, 5.41) is 3.56. The quantitative estimate of drug-likeness (QED) is 0.572. The number of pyridine rings is 1. The third-order valence-electron chi connectivity index (χ3n) is 6.40. The summed E-state index contributed by atoms with van der Waals surface area (Å²) >= 11 is 6.41. The van der Waals surface area contributed by atoms with E-state index in [1.54, 1.807) is 0 Å². The second-order valence-electron chi connectivity index (χ2n) is 8.67. The van der Waals surface area contributed by atoms with Crippen molar-refractivity contribution in [3.05, 3.63) is 52.8 Å². The summed E-state index contributed by atoms with van der Waals surface area (Å²) in [4.78, 5) is 5.58. The fraction of sp³-hybridized carbons (Fsp3) is 0.522. The van der Waals surface area contributed by atoms with Gasteiger partial charge >= 0.3 is 0 Å². The van der Waals surface area contributed by atoms with Crippen molar-refractivity contribution >= 4 is 27.1 Å². The number of nitrogens with zero attached hydrogens (tertiary/aromatic N) is 2. The van der Waals surface area contributed by atoms with E-state index in [4.69, 9.17) is 11.6 Å². The lowest BCUT2D eigenvalue weighted by Gasteiger charge is -2.42. The van der Waals surface area contributed by atoms with Crippen LogP contribution in [0.4, 0.5) is 14.5 Å². The van der Waals surface area contributed by atoms with Crippen molar-refractivity contribution in [1.82, 2.24) is 9.88 Å². The SMILES string of the molecule is O=S(=O)(Cc1cccc(F)n1)c1cc(Cl)c(N[C@H]2CCCC[C@@H]2N2CCCCC2)cc1F. The Balaban J connectivity index is 1.54. The first-order chi connectivity index (χ1) is 15.3. The van der Waals surface area contributed by atoms with Gasteiger partial charge in [0.15, 0.2) is 9.84 Å². The monoisotopic (exact) mass is 483 g/mol. The fourth-order valence-corrected chi connectivity index (χ4v) is 6.49. The summed E-state index contributed by atoms with van der Waals surface area (Å²) in [5.74, 6) is -2.27. The molecule has 4 rings (SSSR count). The third-order valence-corrected chi connectivity index (χ3v) is 8.37. The summed E-state index contributed by atoms with van der Waals surface area (Å²) in [5.41, 5.74) is 0.412. The smallest absolute Gasteiger partial charge is 0.213 e. The zero-order chi connectivity index (χ0) is 22.7. The third kappa shape index (κ3) is 5.41. The van der Waals surface area contributed by atoms with Crippen LogP contribution in [0.2, 0.25) is 5.02 Å². The van der Waals surface area contributed by atoms with Crippen molar-refractivity contribution in [3.63, 3.8) is 0 Å². The number of hydrogen-bond acceptors (Lipinski definition) is 5. The van der Waals surface area contributed by atoms with Gasteiger partial charge in [-0.25, -0.2) is 17.8 Å². The van der Waals surface area contributed by atoms with Gasteiger partial charge in [-0.1, -0.05) is 36.9 Å². The Morgan fingerprint density at radius 2 is 1.81 bits per heavy atom. The maximum atomic E-state index is 14.9. The molecular formula is C23H28ClF2N3O2S. The Morgan fingerprint density at radius 1 is 1.06 bits per heavy atom. The summed E-state index contributed by atoms with van der Waals surface area (Å²) in [6, 6.07) is 6.69. The van der Waals surface area contributed by atoms with Gasteiger partial charge < -0.3 is 5.32 Å². The molecular weight excluding hydrogens is 456 g/mol. The van der Waals surface area contributed by atoms with Crippen LogP contribution in [0.25, 0.3) is 0 Å². The molecule has 2 aromatic rings. The molecule has 1 saturated heterocycles. The molecule has 0 unspecified atom stereocenters. The molecule has 1 saturated carbocycles. The maximum absolute atomic E-state index is 14.9. The lowest BCUT2D eigenvalue weighted by atomic mass is 9.88. The van der Waals surface area contributed by atoms with Gasteiger partial charge in [0.1, 0.15) is 10.7 Å². The number of benzene rings is 1. The van der Waals surface area contributed by atoms with Crippen molar-refractivity contribution in [2.24, 2.45) is 0 Å². The first-order valence-electron chi connectivity index (χ1n) is 11.2. The molecule has 1 N–H and O–H groups in total. The number of rotatable bonds is 6. The molecule has 0 spiro atoms. The lowest BCUT2D eigenvalue weighted by molar-refractivity contribution is 0.121. The highest BCUT2D eigenvalue weighted by molar-refractivity contribution is 7.90. The van der Waals surface area contributed by atoms with Crippen molar-refractivity contribution in [3.8, 4) is 0 Å². The van der Waals surface area contributed by atoms with Crippen LogP contribution in [-0.4, -0.2) is 43.5 Å². The van der Waals surface area contributed by atoms with E-state index in [9.17, 15) is 17.2 Å². The van der Waals surface area contributed by atoms with Crippen LogP contribution in [0.1, 0.15) is 50.6 Å². The molecule has 1 aliphatic heterocycles. The van der Waals surface area contributed by atoms with Crippen molar-refractivity contribution < 1.29 is 17.2 Å². The summed E-state index contributed by atoms with van der Waals surface area (Å²) in [6.07, 6.45) is 7.98. The molecule has 2 atom stereocenters. The Bertz CT molecular complexity index is 1060. The molecule has 2 aliphatic rings. The zero-order valence-electron chi connectivity index (χ0n) is 17.9. The predicted octanol–water partition coefficient (Wildman–Crippen LogP) is 5.20. The molecule has 1 aromatic heterocycles. The van der Waals surface area contributed by atoms with Crippen LogP contribution in [0, 0.1) is 11.8 Å². The van der Waals surface area contributed by atoms with Gasteiger partial charge in [0.05, 0.1) is 22.2 Å². The lowest BCUT2D eigenvalue weighted by Crippen LogP contribution is -2.50. The number of halogens is 3. The molecule has 1 aliphatic carbocycles. The number of likely N-dealkylation sites (tertiary alicyclic amines) is 1. The Hall–Kier alpha value is -1.77. The van der Waals surface area contributed by atoms with E-state index in [1.165, 1.54) is 37.8 Å². The number of piperidine rings is 1. The normalized spacial score (nSPS) is 22.6. The predicted molar refractivity (Wildman–Crippen MR) is 122 cm³/mol. The average Bonchev–Trinajstić information content (AvgIpc) is 2.76. The van der Waals surface area contributed by atoms with Gasteiger partial charge in [-0.05, 0) is 63.0 Å². The Morgan fingerprint density at radius 3 is 2.56 bits per heavy atom. The van der Waals surface area contributed by atoms with E-state index in [0.29, 0.717) is 11.7 Å². The summed E-state index contributed by atoms with van der Waals surface area (Å²) in [7, 11) is -4.09. The van der Waals surface area contributed by atoms with Crippen LogP contribution in [-0.2, 0) is 15.6 Å². The van der Waals surface area contributed by atoms with E-state index in [2.05, 4.69) is 15.2 Å². The molecule has 2 fully saturated rings. The fourth-order valence-electron chi connectivity index (χ4n) is 4.85. The number of sulfone groups is 1. The Labute approximate surface area is 193 Å². The van der Waals surface area contributed by atoms with Crippen LogP contribution >= 0.6 is 11.6 Å². The van der Waals surface area contributed by atoms with Gasteiger partial charge in [0.2, 0.25) is 5.95 Å². The second-order valence-corrected chi connectivity index (χ2v) is 11.0. The number of nitrogens with one attached hydrogen (secondary N) is 1. The van der Waals surface area contributed by atoms with Gasteiger partial charge in [-0.3, -0.25) is 4.90 Å².